The van der Waals surface area contributed by atoms with Crippen molar-refractivity contribution >= 4 is 9.84 Å². The fraction of sp³-hybridized carbons (Fsp3) is 0.500. The van der Waals surface area contributed by atoms with Gasteiger partial charge >= 0.3 is 0 Å². The monoisotopic (exact) mass is 241 g/mol. The number of hydrogen-bond acceptors (Lipinski definition) is 3. The highest BCUT2D eigenvalue weighted by Crippen LogP contribution is 2.13. The molecule has 0 radical (unpaired) electrons. The minimum Gasteiger partial charge on any atom is -0.327 e. The SMILES string of the molecule is CC(C)C(N)Cc1ccc(S(C)(=O)=O)cc1. The van der Waals surface area contributed by atoms with E-state index in [9.17, 15) is 8.42 Å². The molecule has 0 saturated carbocycles. The lowest BCUT2D eigenvalue weighted by atomic mass is 9.97. The molecule has 0 bridgehead atoms. The Bertz CT molecular complexity index is 435. The van der Waals surface area contributed by atoms with Gasteiger partial charge in [-0.05, 0) is 30.0 Å². The van der Waals surface area contributed by atoms with Gasteiger partial charge < -0.3 is 5.73 Å². The van der Waals surface area contributed by atoms with Crippen LogP contribution in [-0.2, 0) is 16.3 Å². The molecule has 0 aliphatic rings. The van der Waals surface area contributed by atoms with Gasteiger partial charge in [-0.2, -0.15) is 0 Å². The molecule has 0 heterocycles. The summed E-state index contributed by atoms with van der Waals surface area (Å²) in [6, 6.07) is 7.05. The minimum atomic E-state index is -3.10. The largest absolute Gasteiger partial charge is 0.327 e. The van der Waals surface area contributed by atoms with Crippen LogP contribution in [0.5, 0.6) is 0 Å². The highest BCUT2D eigenvalue weighted by Gasteiger charge is 2.10. The van der Waals surface area contributed by atoms with E-state index >= 15 is 0 Å². The lowest BCUT2D eigenvalue weighted by molar-refractivity contribution is 0.490. The minimum absolute atomic E-state index is 0.115. The molecule has 2 N–H and O–H groups in total. The summed E-state index contributed by atoms with van der Waals surface area (Å²) in [4.78, 5) is 0.356. The van der Waals surface area contributed by atoms with Crippen molar-refractivity contribution in [2.45, 2.75) is 31.2 Å². The molecule has 90 valence electrons. The van der Waals surface area contributed by atoms with E-state index in [1.54, 1.807) is 12.1 Å². The Kier molecular flexibility index (Phi) is 4.10. The number of benzene rings is 1. The second-order valence-electron chi connectivity index (χ2n) is 4.53. The summed E-state index contributed by atoms with van der Waals surface area (Å²) in [7, 11) is -3.10. The van der Waals surface area contributed by atoms with Crippen LogP contribution in [0.1, 0.15) is 19.4 Å². The van der Waals surface area contributed by atoms with E-state index in [2.05, 4.69) is 13.8 Å². The third kappa shape index (κ3) is 3.61. The van der Waals surface area contributed by atoms with Gasteiger partial charge in [0.25, 0.3) is 0 Å². The summed E-state index contributed by atoms with van der Waals surface area (Å²) in [5.74, 6) is 0.426. The van der Waals surface area contributed by atoms with Gasteiger partial charge in [0.05, 0.1) is 4.90 Å². The van der Waals surface area contributed by atoms with Crippen LogP contribution in [0.3, 0.4) is 0 Å². The molecule has 4 heteroatoms. The normalized spacial score (nSPS) is 14.1. The van der Waals surface area contributed by atoms with Gasteiger partial charge in [0.2, 0.25) is 0 Å². The van der Waals surface area contributed by atoms with Crippen LogP contribution < -0.4 is 5.73 Å². The van der Waals surface area contributed by atoms with Crippen molar-refractivity contribution < 1.29 is 8.42 Å². The van der Waals surface area contributed by atoms with Gasteiger partial charge in [0.15, 0.2) is 9.84 Å². The maximum absolute atomic E-state index is 11.2. The van der Waals surface area contributed by atoms with E-state index in [0.717, 1.165) is 12.0 Å². The maximum Gasteiger partial charge on any atom is 0.175 e. The predicted octanol–water partition coefficient (Wildman–Crippen LogP) is 1.62. The summed E-state index contributed by atoms with van der Waals surface area (Å²) in [6.07, 6.45) is 1.99. The lowest BCUT2D eigenvalue weighted by Crippen LogP contribution is -2.28. The van der Waals surface area contributed by atoms with Crippen LogP contribution in [0.2, 0.25) is 0 Å². The van der Waals surface area contributed by atoms with Crippen LogP contribution >= 0.6 is 0 Å². The highest BCUT2D eigenvalue weighted by atomic mass is 32.2. The molecule has 3 nitrogen and oxygen atoms in total. The Labute approximate surface area is 97.6 Å². The number of sulfone groups is 1. The van der Waals surface area contributed by atoms with Gasteiger partial charge in [-0.15, -0.1) is 0 Å². The Morgan fingerprint density at radius 2 is 1.69 bits per heavy atom. The molecule has 0 saturated heterocycles. The summed E-state index contributed by atoms with van der Waals surface area (Å²) in [6.45, 7) is 4.16. The van der Waals surface area contributed by atoms with Crippen LogP contribution in [0.25, 0.3) is 0 Å². The van der Waals surface area contributed by atoms with Gasteiger partial charge in [-0.1, -0.05) is 26.0 Å². The molecule has 0 aromatic heterocycles. The predicted molar refractivity (Wildman–Crippen MR) is 66.1 cm³/mol. The molecule has 1 aromatic rings. The molecule has 0 fully saturated rings. The molecule has 0 amide bonds. The first-order chi connectivity index (χ1) is 7.30. The molecule has 0 spiro atoms. The summed E-state index contributed by atoms with van der Waals surface area (Å²) >= 11 is 0. The Morgan fingerprint density at radius 1 is 1.19 bits per heavy atom. The van der Waals surface area contributed by atoms with Gasteiger partial charge in [-0.3, -0.25) is 0 Å². The van der Waals surface area contributed by atoms with Crippen molar-refractivity contribution in [3.8, 4) is 0 Å². The average Bonchev–Trinajstić information content (AvgIpc) is 2.17. The number of hydrogen-bond donors (Lipinski definition) is 1. The van der Waals surface area contributed by atoms with E-state index in [-0.39, 0.29) is 6.04 Å². The Balaban J connectivity index is 2.80. The maximum atomic E-state index is 11.2. The Morgan fingerprint density at radius 3 is 2.06 bits per heavy atom. The zero-order valence-corrected chi connectivity index (χ0v) is 10.8. The molecule has 1 aromatic carbocycles. The zero-order valence-electron chi connectivity index (χ0n) is 9.97. The van der Waals surface area contributed by atoms with Crippen molar-refractivity contribution in [3.63, 3.8) is 0 Å². The van der Waals surface area contributed by atoms with Gasteiger partial charge in [0.1, 0.15) is 0 Å². The fourth-order valence-electron chi connectivity index (χ4n) is 1.38. The second kappa shape index (κ2) is 4.97. The molecule has 1 rings (SSSR count). The third-order valence-electron chi connectivity index (χ3n) is 2.68. The number of nitrogens with two attached hydrogens (primary N) is 1. The summed E-state index contributed by atoms with van der Waals surface area (Å²) in [5.41, 5.74) is 7.03. The molecule has 1 atom stereocenters. The van der Waals surface area contributed by atoms with Crippen LogP contribution in [-0.4, -0.2) is 20.7 Å². The van der Waals surface area contributed by atoms with E-state index in [1.807, 2.05) is 12.1 Å². The second-order valence-corrected chi connectivity index (χ2v) is 6.54. The molecule has 0 aliphatic carbocycles. The standard InChI is InChI=1S/C12H19NO2S/c1-9(2)12(13)8-10-4-6-11(7-5-10)16(3,14)15/h4-7,9,12H,8,13H2,1-3H3. The van der Waals surface area contributed by atoms with Crippen molar-refractivity contribution in [1.29, 1.82) is 0 Å². The third-order valence-corrected chi connectivity index (χ3v) is 3.81. The topological polar surface area (TPSA) is 60.2 Å². The van der Waals surface area contributed by atoms with E-state index in [0.29, 0.717) is 10.8 Å². The molecular formula is C12H19NO2S. The van der Waals surface area contributed by atoms with Crippen LogP contribution in [0, 0.1) is 5.92 Å². The lowest BCUT2D eigenvalue weighted by Gasteiger charge is -2.15. The molecular weight excluding hydrogens is 222 g/mol. The smallest absolute Gasteiger partial charge is 0.175 e. The van der Waals surface area contributed by atoms with E-state index in [1.165, 1.54) is 6.26 Å². The van der Waals surface area contributed by atoms with Gasteiger partial charge in [-0.25, -0.2) is 8.42 Å². The van der Waals surface area contributed by atoms with Crippen molar-refractivity contribution in [3.05, 3.63) is 29.8 Å². The first-order valence-electron chi connectivity index (χ1n) is 5.35. The first-order valence-corrected chi connectivity index (χ1v) is 7.24. The van der Waals surface area contributed by atoms with Crippen molar-refractivity contribution in [1.82, 2.24) is 0 Å². The highest BCUT2D eigenvalue weighted by molar-refractivity contribution is 7.90. The quantitative estimate of drug-likeness (QED) is 0.871. The van der Waals surface area contributed by atoms with E-state index < -0.39 is 9.84 Å². The van der Waals surface area contributed by atoms with Crippen LogP contribution in [0.15, 0.2) is 29.2 Å². The summed E-state index contributed by atoms with van der Waals surface area (Å²) in [5, 5.41) is 0. The fourth-order valence-corrected chi connectivity index (χ4v) is 2.01. The van der Waals surface area contributed by atoms with Gasteiger partial charge in [0, 0.05) is 12.3 Å². The summed E-state index contributed by atoms with van der Waals surface area (Å²) < 4.78 is 22.5. The molecule has 1 unspecified atom stereocenters. The number of rotatable bonds is 4. The van der Waals surface area contributed by atoms with Crippen LogP contribution in [0.4, 0.5) is 0 Å². The Hall–Kier alpha value is -0.870. The molecule has 0 aliphatic heterocycles. The van der Waals surface area contributed by atoms with E-state index in [4.69, 9.17) is 5.73 Å². The molecule has 16 heavy (non-hydrogen) atoms. The first kappa shape index (κ1) is 13.2. The zero-order chi connectivity index (χ0) is 12.3. The van der Waals surface area contributed by atoms with Crippen molar-refractivity contribution in [2.75, 3.05) is 6.26 Å². The van der Waals surface area contributed by atoms with Crippen molar-refractivity contribution in [2.24, 2.45) is 11.7 Å². The average molecular weight is 241 g/mol.